The van der Waals surface area contributed by atoms with E-state index in [0.717, 1.165) is 32.2 Å². The Bertz CT molecular complexity index is 162. The van der Waals surface area contributed by atoms with E-state index < -0.39 is 8.40 Å². The zero-order valence-electron chi connectivity index (χ0n) is 11.2. The maximum atomic E-state index is 3.93. The van der Waals surface area contributed by atoms with Gasteiger partial charge >= 0.3 is 0 Å². The second-order valence-electron chi connectivity index (χ2n) is 4.05. The largest absolute Gasteiger partial charge is 0.312 e. The van der Waals surface area contributed by atoms with Crippen molar-refractivity contribution >= 4 is 8.40 Å². The summed E-state index contributed by atoms with van der Waals surface area (Å²) in [5.41, 5.74) is 0. The number of nitrogens with zero attached hydrogens (tertiary/aromatic N) is 2. The van der Waals surface area contributed by atoms with E-state index in [1.165, 1.54) is 0 Å². The van der Waals surface area contributed by atoms with Gasteiger partial charge in [-0.2, -0.15) is 0 Å². The minimum Gasteiger partial charge on any atom is -0.312 e. The maximum Gasteiger partial charge on any atom is 0.207 e. The molecule has 0 N–H and O–H groups in total. The van der Waals surface area contributed by atoms with Crippen LogP contribution in [-0.4, -0.2) is 43.7 Å². The summed E-state index contributed by atoms with van der Waals surface area (Å²) in [5.74, 6) is 0. The molecule has 0 fully saturated rings. The highest BCUT2D eigenvalue weighted by Crippen LogP contribution is 2.20. The molecular weight excluding hydrogens is 200 g/mol. The van der Waals surface area contributed by atoms with E-state index in [-0.39, 0.29) is 0 Å². The van der Waals surface area contributed by atoms with E-state index in [2.05, 4.69) is 56.0 Å². The Morgan fingerprint density at radius 1 is 0.933 bits per heavy atom. The Labute approximate surface area is 97.1 Å². The summed E-state index contributed by atoms with van der Waals surface area (Å²) in [7, 11) is -1.46. The summed E-state index contributed by atoms with van der Waals surface area (Å²) >= 11 is 0. The number of rotatable bonds is 8. The van der Waals surface area contributed by atoms with Crippen molar-refractivity contribution in [2.45, 2.75) is 40.3 Å². The molecule has 90 valence electrons. The summed E-state index contributed by atoms with van der Waals surface area (Å²) < 4.78 is 5.31. The van der Waals surface area contributed by atoms with Gasteiger partial charge in [0.15, 0.2) is 0 Å². The van der Waals surface area contributed by atoms with Crippen molar-refractivity contribution in [3.05, 3.63) is 12.7 Å². The summed E-state index contributed by atoms with van der Waals surface area (Å²) in [6, 6.07) is 1.16. The van der Waals surface area contributed by atoms with Gasteiger partial charge in [-0.3, -0.25) is 0 Å². The molecule has 0 saturated carbocycles. The standard InChI is InChI=1S/C12H28N2Si/c1-7-12-15(6,13(8-2)9-3)14(10-4)11-5/h7H,1,8-12H2,2-6H3. The highest BCUT2D eigenvalue weighted by molar-refractivity contribution is 6.73. The van der Waals surface area contributed by atoms with Crippen LogP contribution in [0.4, 0.5) is 0 Å². The van der Waals surface area contributed by atoms with Crippen molar-refractivity contribution in [1.82, 2.24) is 9.13 Å². The SMILES string of the molecule is C=CC[Si](C)(N(CC)CC)N(CC)CC. The third kappa shape index (κ3) is 3.43. The molecule has 3 heteroatoms. The summed E-state index contributed by atoms with van der Waals surface area (Å²) in [6.45, 7) is 20.1. The monoisotopic (exact) mass is 228 g/mol. The van der Waals surface area contributed by atoms with Crippen molar-refractivity contribution in [1.29, 1.82) is 0 Å². The van der Waals surface area contributed by atoms with Crippen molar-refractivity contribution in [3.8, 4) is 0 Å². The molecule has 0 amide bonds. The molecule has 0 rings (SSSR count). The van der Waals surface area contributed by atoms with Crippen LogP contribution in [0.15, 0.2) is 12.7 Å². The van der Waals surface area contributed by atoms with Crippen LogP contribution in [0.3, 0.4) is 0 Å². The van der Waals surface area contributed by atoms with Gasteiger partial charge in [-0.05, 0) is 38.8 Å². The third-order valence-electron chi connectivity index (χ3n) is 3.42. The molecule has 2 nitrogen and oxygen atoms in total. The van der Waals surface area contributed by atoms with Crippen LogP contribution in [0.5, 0.6) is 0 Å². The van der Waals surface area contributed by atoms with Gasteiger partial charge in [0.05, 0.1) is 0 Å². The van der Waals surface area contributed by atoms with E-state index >= 15 is 0 Å². The summed E-state index contributed by atoms with van der Waals surface area (Å²) in [4.78, 5) is 0. The Hall–Kier alpha value is -0.123. The van der Waals surface area contributed by atoms with Crippen LogP contribution < -0.4 is 0 Å². The fraction of sp³-hybridized carbons (Fsp3) is 0.833. The van der Waals surface area contributed by atoms with Gasteiger partial charge in [-0.25, -0.2) is 0 Å². The summed E-state index contributed by atoms with van der Waals surface area (Å²) in [5, 5.41) is 0. The molecule has 0 saturated heterocycles. The van der Waals surface area contributed by atoms with Crippen molar-refractivity contribution in [3.63, 3.8) is 0 Å². The molecular formula is C12H28N2Si. The smallest absolute Gasteiger partial charge is 0.207 e. The average molecular weight is 228 g/mol. The first-order valence-corrected chi connectivity index (χ1v) is 8.81. The maximum absolute atomic E-state index is 3.93. The second-order valence-corrected chi connectivity index (χ2v) is 8.16. The van der Waals surface area contributed by atoms with E-state index in [1.54, 1.807) is 0 Å². The number of allylic oxidation sites excluding steroid dienone is 1. The molecule has 0 aromatic rings. The molecule has 0 radical (unpaired) electrons. The Balaban J connectivity index is 4.90. The molecule has 0 aliphatic carbocycles. The van der Waals surface area contributed by atoms with E-state index in [0.29, 0.717) is 0 Å². The minimum absolute atomic E-state index is 1.16. The van der Waals surface area contributed by atoms with Crippen LogP contribution >= 0.6 is 0 Å². The molecule has 0 atom stereocenters. The van der Waals surface area contributed by atoms with Crippen molar-refractivity contribution < 1.29 is 0 Å². The van der Waals surface area contributed by atoms with E-state index in [9.17, 15) is 0 Å². The highest BCUT2D eigenvalue weighted by atomic mass is 28.3. The lowest BCUT2D eigenvalue weighted by molar-refractivity contribution is 0.357. The molecule has 0 aliphatic rings. The first-order chi connectivity index (χ1) is 7.10. The van der Waals surface area contributed by atoms with Crippen LogP contribution in [0.25, 0.3) is 0 Å². The first kappa shape index (κ1) is 14.9. The lowest BCUT2D eigenvalue weighted by atomic mass is 10.7. The fourth-order valence-electron chi connectivity index (χ4n) is 2.54. The predicted octanol–water partition coefficient (Wildman–Crippen LogP) is 2.93. The zero-order chi connectivity index (χ0) is 11.9. The predicted molar refractivity (Wildman–Crippen MR) is 72.5 cm³/mol. The molecule has 0 spiro atoms. The molecule has 0 aliphatic heterocycles. The highest BCUT2D eigenvalue weighted by Gasteiger charge is 2.36. The van der Waals surface area contributed by atoms with Gasteiger partial charge < -0.3 is 9.13 Å². The molecule has 0 unspecified atom stereocenters. The Kier molecular flexibility index (Phi) is 7.14. The van der Waals surface area contributed by atoms with Crippen molar-refractivity contribution in [2.24, 2.45) is 0 Å². The quantitative estimate of drug-likeness (QED) is 0.465. The molecule has 0 aromatic carbocycles. The lowest BCUT2D eigenvalue weighted by Crippen LogP contribution is -2.63. The number of hydrogen-bond acceptors (Lipinski definition) is 2. The zero-order valence-corrected chi connectivity index (χ0v) is 12.2. The van der Waals surface area contributed by atoms with Gasteiger partial charge in [0.2, 0.25) is 8.40 Å². The number of hydrogen-bond donors (Lipinski definition) is 0. The fourth-order valence-corrected chi connectivity index (χ4v) is 6.73. The molecule has 15 heavy (non-hydrogen) atoms. The van der Waals surface area contributed by atoms with Gasteiger partial charge in [0.1, 0.15) is 0 Å². The van der Waals surface area contributed by atoms with Crippen LogP contribution in [0.2, 0.25) is 12.6 Å². The minimum atomic E-state index is -1.46. The van der Waals surface area contributed by atoms with Gasteiger partial charge in [-0.1, -0.05) is 33.8 Å². The van der Waals surface area contributed by atoms with Gasteiger partial charge in [0.25, 0.3) is 0 Å². The van der Waals surface area contributed by atoms with E-state index in [1.807, 2.05) is 0 Å². The van der Waals surface area contributed by atoms with Crippen LogP contribution in [0.1, 0.15) is 27.7 Å². The molecule has 0 heterocycles. The Morgan fingerprint density at radius 2 is 1.27 bits per heavy atom. The first-order valence-electron chi connectivity index (χ1n) is 6.21. The van der Waals surface area contributed by atoms with Gasteiger partial charge in [-0.15, -0.1) is 6.58 Å². The average Bonchev–Trinajstić information content (AvgIpc) is 2.21. The normalized spacial score (nSPS) is 12.5. The van der Waals surface area contributed by atoms with Crippen LogP contribution in [-0.2, 0) is 0 Å². The van der Waals surface area contributed by atoms with Gasteiger partial charge in [0, 0.05) is 0 Å². The van der Waals surface area contributed by atoms with Crippen LogP contribution in [0, 0.1) is 0 Å². The third-order valence-corrected chi connectivity index (χ3v) is 8.47. The Morgan fingerprint density at radius 3 is 1.47 bits per heavy atom. The lowest BCUT2D eigenvalue weighted by Gasteiger charge is -2.45. The second kappa shape index (κ2) is 7.20. The molecule has 0 bridgehead atoms. The topological polar surface area (TPSA) is 6.48 Å². The summed E-state index contributed by atoms with van der Waals surface area (Å²) in [6.07, 6.45) is 2.10. The van der Waals surface area contributed by atoms with Crippen molar-refractivity contribution in [2.75, 3.05) is 26.2 Å². The van der Waals surface area contributed by atoms with E-state index in [4.69, 9.17) is 0 Å². The molecule has 0 aromatic heterocycles.